The summed E-state index contributed by atoms with van der Waals surface area (Å²) >= 11 is 6.20. The summed E-state index contributed by atoms with van der Waals surface area (Å²) in [6, 6.07) is 0. The Morgan fingerprint density at radius 2 is 0.640 bits per heavy atom. The number of nitrogens with zero attached hydrogens (tertiary/aromatic N) is 1. The Kier molecular flexibility index (Phi) is 32.7. The number of rotatable bonds is 39. The summed E-state index contributed by atoms with van der Waals surface area (Å²) in [5, 5.41) is 8.43. The molecule has 0 spiro atoms. The van der Waals surface area contributed by atoms with Gasteiger partial charge in [-0.3, -0.25) is 14.5 Å². The highest BCUT2D eigenvalue weighted by atomic mass is 79.9. The summed E-state index contributed by atoms with van der Waals surface area (Å²) in [5.41, 5.74) is 0. The van der Waals surface area contributed by atoms with Crippen LogP contribution in [0.3, 0.4) is 0 Å². The van der Waals surface area contributed by atoms with Gasteiger partial charge in [-0.05, 0) is 38.3 Å². The molecular weight excluding hydrogens is 802 g/mol. The van der Waals surface area contributed by atoms with Crippen molar-refractivity contribution in [3.63, 3.8) is 0 Å². The van der Waals surface area contributed by atoms with Gasteiger partial charge in [0.1, 0.15) is 15.6 Å². The normalized spacial score (nSPS) is 13.4. The lowest BCUT2D eigenvalue weighted by Crippen LogP contribution is -2.32. The van der Waals surface area contributed by atoms with E-state index in [2.05, 4.69) is 31.9 Å². The highest BCUT2D eigenvalue weighted by Gasteiger charge is 2.35. The van der Waals surface area contributed by atoms with Crippen LogP contribution in [0.1, 0.15) is 6.42 Å². The lowest BCUT2D eigenvalue weighted by Gasteiger charge is -2.14. The van der Waals surface area contributed by atoms with Crippen molar-refractivity contribution >= 4 is 49.6 Å². The van der Waals surface area contributed by atoms with E-state index >= 15 is 0 Å². The molecule has 0 fully saturated rings. The Bertz CT molecular complexity index is 877. The Morgan fingerprint density at radius 1 is 0.420 bits per heavy atom. The summed E-state index contributed by atoms with van der Waals surface area (Å²) in [6.07, 6.45) is 0.546. The van der Waals surface area contributed by atoms with Gasteiger partial charge in [0.15, 0.2) is 0 Å². The van der Waals surface area contributed by atoms with Gasteiger partial charge in [0.25, 0.3) is 11.8 Å². The molecule has 1 N–H and O–H groups in total. The molecule has 50 heavy (non-hydrogen) atoms. The van der Waals surface area contributed by atoms with Crippen LogP contribution in [0, 0.1) is 0 Å². The summed E-state index contributed by atoms with van der Waals surface area (Å²) in [6.45, 7) is 10.1. The fraction of sp³-hybridized carbons (Fsp3) is 0.839. The molecule has 0 aromatic carbocycles. The molecule has 0 radical (unpaired) electrons. The number of aliphatic carboxylic acids is 1. The third-order valence-corrected chi connectivity index (χ3v) is 8.05. The van der Waals surface area contributed by atoms with E-state index in [1.54, 1.807) is 0 Å². The number of hydrogen-bond acceptors (Lipinski definition) is 15. The van der Waals surface area contributed by atoms with Crippen molar-refractivity contribution in [1.82, 2.24) is 4.90 Å². The van der Waals surface area contributed by atoms with Gasteiger partial charge in [-0.1, -0.05) is 0 Å². The predicted octanol–water partition coefficient (Wildman–Crippen LogP) is 1.03. The zero-order valence-electron chi connectivity index (χ0n) is 28.7. The summed E-state index contributed by atoms with van der Waals surface area (Å²) in [4.78, 5) is 35.3. The van der Waals surface area contributed by atoms with Crippen LogP contribution in [-0.2, 0) is 71.2 Å². The first-order valence-corrected chi connectivity index (χ1v) is 18.1. The number of halogens is 2. The van der Waals surface area contributed by atoms with E-state index < -0.39 is 5.97 Å². The van der Waals surface area contributed by atoms with E-state index in [1.807, 2.05) is 0 Å². The second-order valence-electron chi connectivity index (χ2n) is 9.93. The van der Waals surface area contributed by atoms with Crippen LogP contribution >= 0.6 is 31.9 Å². The van der Waals surface area contributed by atoms with Gasteiger partial charge >= 0.3 is 5.97 Å². The van der Waals surface area contributed by atoms with Crippen LogP contribution in [0.5, 0.6) is 0 Å². The molecule has 1 rings (SSSR count). The lowest BCUT2D eigenvalue weighted by atomic mass is 10.4. The Hall–Kier alpha value is -1.17. The molecule has 17 nitrogen and oxygen atoms in total. The minimum absolute atomic E-state index is 0.234. The maximum absolute atomic E-state index is 11.9. The first-order chi connectivity index (χ1) is 24.4. The molecule has 0 aliphatic carbocycles. The van der Waals surface area contributed by atoms with Crippen LogP contribution in [-0.4, -0.2) is 193 Å². The van der Waals surface area contributed by atoms with Crippen LogP contribution < -0.4 is 0 Å². The van der Waals surface area contributed by atoms with Crippen LogP contribution in [0.15, 0.2) is 8.96 Å². The van der Waals surface area contributed by atoms with Crippen LogP contribution in [0.25, 0.3) is 0 Å². The van der Waals surface area contributed by atoms with Gasteiger partial charge in [0, 0.05) is 13.2 Å². The van der Waals surface area contributed by atoms with E-state index in [-0.39, 0.29) is 34.0 Å². The van der Waals surface area contributed by atoms with Gasteiger partial charge in [-0.15, -0.1) is 0 Å². The number of carbonyl (C=O) groups excluding carboxylic acids is 2. The van der Waals surface area contributed by atoms with Crippen molar-refractivity contribution in [1.29, 1.82) is 0 Å². The molecule has 292 valence electrons. The van der Waals surface area contributed by atoms with E-state index in [1.165, 1.54) is 4.90 Å². The number of imide groups is 1. The summed E-state index contributed by atoms with van der Waals surface area (Å²) in [7, 11) is 0. The topological polar surface area (TPSA) is 185 Å². The minimum atomic E-state index is -1.00. The number of ether oxygens (including phenoxy) is 12. The first kappa shape index (κ1) is 46.9. The first-order valence-electron chi connectivity index (χ1n) is 16.5. The molecule has 0 saturated carbocycles. The lowest BCUT2D eigenvalue weighted by molar-refractivity contribution is -0.143. The Labute approximate surface area is 310 Å². The molecule has 0 unspecified atom stereocenters. The monoisotopic (exact) mass is 853 g/mol. The van der Waals surface area contributed by atoms with E-state index in [0.29, 0.717) is 158 Å². The van der Waals surface area contributed by atoms with Crippen LogP contribution in [0.4, 0.5) is 0 Å². The van der Waals surface area contributed by atoms with Gasteiger partial charge in [0.05, 0.1) is 145 Å². The second-order valence-corrected chi connectivity index (χ2v) is 11.5. The van der Waals surface area contributed by atoms with Crippen molar-refractivity contribution < 1.29 is 76.3 Å². The molecular formula is C31H53Br2NO16. The van der Waals surface area contributed by atoms with Gasteiger partial charge in [0.2, 0.25) is 0 Å². The highest BCUT2D eigenvalue weighted by molar-refractivity contribution is 9.14. The smallest absolute Gasteiger partial charge is 0.329 e. The minimum Gasteiger partial charge on any atom is -0.480 e. The van der Waals surface area contributed by atoms with Crippen molar-refractivity contribution in [2.75, 3.05) is 165 Å². The van der Waals surface area contributed by atoms with E-state index in [9.17, 15) is 14.4 Å². The van der Waals surface area contributed by atoms with Crippen molar-refractivity contribution in [3.8, 4) is 0 Å². The molecule has 0 aromatic heterocycles. The SMILES string of the molecule is O=C(O)COCCOCCOCCOCCOCCOCCOCCOCCOCCOCCOCCOCCCN1C(=O)C(Br)=C(Br)C1=O. The molecule has 2 amide bonds. The quantitative estimate of drug-likeness (QED) is 0.0683. The van der Waals surface area contributed by atoms with Crippen molar-refractivity contribution in [2.24, 2.45) is 0 Å². The average Bonchev–Trinajstić information content (AvgIpc) is 3.28. The van der Waals surface area contributed by atoms with Crippen molar-refractivity contribution in [2.45, 2.75) is 6.42 Å². The highest BCUT2D eigenvalue weighted by Crippen LogP contribution is 2.29. The second kappa shape index (κ2) is 34.9. The standard InChI is InChI=1S/C31H53Br2NO16/c32-28-29(33)31(38)34(30(28)37)2-1-3-39-4-5-40-6-7-41-8-9-42-10-11-43-12-13-44-14-15-45-16-17-46-18-19-47-20-21-48-22-23-49-24-25-50-26-27(35)36/h1-26H2,(H,35,36). The largest absolute Gasteiger partial charge is 0.480 e. The molecule has 0 atom stereocenters. The van der Waals surface area contributed by atoms with E-state index in [0.717, 1.165) is 0 Å². The van der Waals surface area contributed by atoms with Gasteiger partial charge < -0.3 is 61.9 Å². The Balaban J connectivity index is 1.64. The molecule has 1 aliphatic heterocycles. The third-order valence-electron chi connectivity index (χ3n) is 6.05. The number of carboxylic acid groups (broad SMARTS) is 1. The summed E-state index contributed by atoms with van der Waals surface area (Å²) in [5.74, 6) is -1.69. The predicted molar refractivity (Wildman–Crippen MR) is 184 cm³/mol. The molecule has 1 heterocycles. The fourth-order valence-electron chi connectivity index (χ4n) is 3.62. The zero-order chi connectivity index (χ0) is 36.3. The molecule has 19 heteroatoms. The molecule has 0 aromatic rings. The molecule has 0 bridgehead atoms. The maximum Gasteiger partial charge on any atom is 0.329 e. The zero-order valence-corrected chi connectivity index (χ0v) is 31.8. The van der Waals surface area contributed by atoms with Crippen molar-refractivity contribution in [3.05, 3.63) is 8.96 Å². The average molecular weight is 856 g/mol. The Morgan fingerprint density at radius 3 is 0.880 bits per heavy atom. The molecule has 1 aliphatic rings. The third kappa shape index (κ3) is 27.5. The number of amides is 2. The van der Waals surface area contributed by atoms with E-state index in [4.69, 9.17) is 61.9 Å². The van der Waals surface area contributed by atoms with Gasteiger partial charge in [-0.2, -0.15) is 0 Å². The fourth-order valence-corrected chi connectivity index (χ4v) is 4.39. The number of hydrogen-bond donors (Lipinski definition) is 1. The van der Waals surface area contributed by atoms with Gasteiger partial charge in [-0.25, -0.2) is 4.79 Å². The number of carbonyl (C=O) groups is 3. The maximum atomic E-state index is 11.9. The number of carboxylic acids is 1. The van der Waals surface area contributed by atoms with Crippen LogP contribution in [0.2, 0.25) is 0 Å². The molecule has 0 saturated heterocycles. The summed E-state index contributed by atoms with van der Waals surface area (Å²) < 4.78 is 65.0.